The van der Waals surface area contributed by atoms with E-state index in [4.69, 9.17) is 21.1 Å². The number of anilines is 3. The molecule has 0 spiro atoms. The summed E-state index contributed by atoms with van der Waals surface area (Å²) in [6.45, 7) is 2.71. The smallest absolute Gasteiger partial charge is 0.260 e. The Bertz CT molecular complexity index is 2280. The molecule has 9 rings (SSSR count). The molecule has 13 heteroatoms. The van der Waals surface area contributed by atoms with Gasteiger partial charge >= 0.3 is 0 Å². The highest BCUT2D eigenvalue weighted by molar-refractivity contribution is 6.30. The van der Waals surface area contributed by atoms with Gasteiger partial charge in [-0.3, -0.25) is 29.5 Å². The van der Waals surface area contributed by atoms with Crippen molar-refractivity contribution in [3.05, 3.63) is 125 Å². The molecule has 0 bridgehead atoms. The highest BCUT2D eigenvalue weighted by Crippen LogP contribution is 2.65. The number of aromatic hydroxyl groups is 1. The summed E-state index contributed by atoms with van der Waals surface area (Å²) in [6.07, 6.45) is 2.20. The van der Waals surface area contributed by atoms with Crippen LogP contribution in [0.4, 0.5) is 21.5 Å². The number of benzene rings is 4. The third-order valence-electron chi connectivity index (χ3n) is 12.3. The standard InChI is InChI=1S/C43H38ClFN4O7/c1-55-35-4-2-3-32(38(35)50)37-30-17-18-31-36(41(53)48(39(31)51)29-15-13-28(14-16-29)47-19-21-56-22-20-47)33(30)23-34-40(52)49(46-27-11-9-26(45)10-12-27)42(54)43(34,37)24-5-7-25(44)8-6-24/h2-17,31,33-34,36-37,46,50H,18-23H2,1H3/t31-,33+,34-,36-,37+,43+/m0/s1. The Kier molecular flexibility index (Phi) is 8.85. The molecular weight excluding hydrogens is 739 g/mol. The van der Waals surface area contributed by atoms with E-state index in [9.17, 15) is 23.9 Å². The maximum atomic E-state index is 15.3. The van der Waals surface area contributed by atoms with E-state index >= 15 is 4.79 Å². The number of nitrogens with one attached hydrogen (secondary N) is 1. The Morgan fingerprint density at radius 1 is 0.857 bits per heavy atom. The topological polar surface area (TPSA) is 129 Å². The molecule has 4 fully saturated rings. The summed E-state index contributed by atoms with van der Waals surface area (Å²) in [5.74, 6) is -6.60. The van der Waals surface area contributed by atoms with Crippen LogP contribution in [0.5, 0.6) is 11.5 Å². The summed E-state index contributed by atoms with van der Waals surface area (Å²) in [5, 5.41) is 13.2. The van der Waals surface area contributed by atoms with Crippen LogP contribution in [0.3, 0.4) is 0 Å². The monoisotopic (exact) mass is 776 g/mol. The number of hydrogen-bond acceptors (Lipinski definition) is 9. The molecule has 4 aromatic carbocycles. The fraction of sp³-hybridized carbons (Fsp3) is 0.302. The molecule has 3 heterocycles. The maximum absolute atomic E-state index is 15.3. The van der Waals surface area contributed by atoms with Gasteiger partial charge in [-0.05, 0) is 91.1 Å². The van der Waals surface area contributed by atoms with E-state index in [1.54, 1.807) is 54.6 Å². The number of allylic oxidation sites excluding steroid dienone is 2. The number of halogens is 2. The second-order valence-electron chi connectivity index (χ2n) is 14.9. The van der Waals surface area contributed by atoms with E-state index in [1.165, 1.54) is 36.3 Å². The molecule has 5 aliphatic rings. The molecule has 2 aliphatic carbocycles. The average Bonchev–Trinajstić information content (AvgIpc) is 3.60. The number of hydrazine groups is 1. The van der Waals surface area contributed by atoms with E-state index in [-0.39, 0.29) is 36.2 Å². The van der Waals surface area contributed by atoms with Crippen LogP contribution >= 0.6 is 11.6 Å². The minimum atomic E-state index is -1.64. The van der Waals surface area contributed by atoms with Gasteiger partial charge < -0.3 is 19.5 Å². The Hall–Kier alpha value is -5.72. The molecule has 0 unspecified atom stereocenters. The number of phenolic OH excluding ortho intramolecular Hbond substituents is 1. The van der Waals surface area contributed by atoms with Crippen molar-refractivity contribution in [1.29, 1.82) is 0 Å². The Balaban J connectivity index is 1.18. The first kappa shape index (κ1) is 35.9. The van der Waals surface area contributed by atoms with E-state index in [1.807, 2.05) is 18.2 Å². The minimum Gasteiger partial charge on any atom is -0.504 e. The average molecular weight is 777 g/mol. The molecule has 3 saturated heterocycles. The lowest BCUT2D eigenvalue weighted by Crippen LogP contribution is -2.53. The van der Waals surface area contributed by atoms with Crippen molar-refractivity contribution in [3.8, 4) is 11.5 Å². The van der Waals surface area contributed by atoms with E-state index in [0.717, 1.165) is 23.8 Å². The number of methoxy groups -OCH3 is 1. The van der Waals surface area contributed by atoms with Crippen molar-refractivity contribution in [2.45, 2.75) is 24.2 Å². The highest BCUT2D eigenvalue weighted by Gasteiger charge is 2.70. The number of imide groups is 2. The molecule has 11 nitrogen and oxygen atoms in total. The second-order valence-corrected chi connectivity index (χ2v) is 15.3. The zero-order valence-electron chi connectivity index (χ0n) is 30.4. The number of hydrogen-bond donors (Lipinski definition) is 2. The highest BCUT2D eigenvalue weighted by atomic mass is 35.5. The number of phenols is 1. The third kappa shape index (κ3) is 5.41. The third-order valence-corrected chi connectivity index (χ3v) is 12.6. The fourth-order valence-electron chi connectivity index (χ4n) is 9.83. The molecule has 4 aromatic rings. The van der Waals surface area contributed by atoms with Crippen molar-refractivity contribution in [3.63, 3.8) is 0 Å². The lowest BCUT2D eigenvalue weighted by Gasteiger charge is -2.50. The predicted molar refractivity (Wildman–Crippen MR) is 206 cm³/mol. The Morgan fingerprint density at radius 3 is 2.25 bits per heavy atom. The second kappa shape index (κ2) is 13.8. The number of carbonyl (C=O) groups excluding carboxylic acids is 4. The number of amides is 4. The van der Waals surface area contributed by atoms with Crippen LogP contribution in [0.15, 0.2) is 103 Å². The van der Waals surface area contributed by atoms with Gasteiger partial charge in [-0.2, -0.15) is 5.01 Å². The SMILES string of the molecule is COc1cccc([C@H]2C3=CC[C@@H]4C(=O)N(c5ccc(N6CCOCC6)cc5)C(=O)[C@@H]4[C@@H]3C[C@H]3C(=O)N(Nc4ccc(F)cc4)C(=O)[C@@]23c2ccc(Cl)cc2)c1O. The molecular formula is C43H38ClFN4O7. The van der Waals surface area contributed by atoms with Crippen LogP contribution in [0.25, 0.3) is 0 Å². The number of para-hydroxylation sites is 1. The van der Waals surface area contributed by atoms with Gasteiger partial charge in [0.25, 0.3) is 11.8 Å². The summed E-state index contributed by atoms with van der Waals surface area (Å²) < 4.78 is 25.0. The molecule has 4 amide bonds. The van der Waals surface area contributed by atoms with E-state index < -0.39 is 52.6 Å². The molecule has 6 atom stereocenters. The van der Waals surface area contributed by atoms with Gasteiger partial charge in [-0.1, -0.05) is 47.5 Å². The first-order valence-corrected chi connectivity index (χ1v) is 19.0. The van der Waals surface area contributed by atoms with Crippen LogP contribution in [-0.4, -0.2) is 67.2 Å². The normalized spacial score (nSPS) is 27.2. The summed E-state index contributed by atoms with van der Waals surface area (Å²) in [4.78, 5) is 62.6. The quantitative estimate of drug-likeness (QED) is 0.166. The lowest BCUT2D eigenvalue weighted by atomic mass is 9.49. The zero-order valence-corrected chi connectivity index (χ0v) is 31.1. The van der Waals surface area contributed by atoms with Gasteiger partial charge in [0.15, 0.2) is 11.5 Å². The number of ether oxygens (including phenoxy) is 2. The van der Waals surface area contributed by atoms with Gasteiger partial charge in [0.2, 0.25) is 11.8 Å². The summed E-state index contributed by atoms with van der Waals surface area (Å²) in [6, 6.07) is 24.4. The van der Waals surface area contributed by atoms with Crippen LogP contribution in [0, 0.1) is 29.5 Å². The predicted octanol–water partition coefficient (Wildman–Crippen LogP) is 6.22. The van der Waals surface area contributed by atoms with Gasteiger partial charge in [-0.25, -0.2) is 4.39 Å². The van der Waals surface area contributed by atoms with Gasteiger partial charge in [0.05, 0.1) is 54.9 Å². The van der Waals surface area contributed by atoms with E-state index in [2.05, 4.69) is 10.3 Å². The van der Waals surface area contributed by atoms with Crippen molar-refractivity contribution in [2.75, 3.05) is 48.6 Å². The van der Waals surface area contributed by atoms with Gasteiger partial charge in [0.1, 0.15) is 5.82 Å². The van der Waals surface area contributed by atoms with Crippen molar-refractivity contribution in [2.24, 2.45) is 23.7 Å². The number of nitrogens with zero attached hydrogens (tertiary/aromatic N) is 3. The number of rotatable bonds is 7. The summed E-state index contributed by atoms with van der Waals surface area (Å²) in [7, 11) is 1.42. The largest absolute Gasteiger partial charge is 0.504 e. The fourth-order valence-corrected chi connectivity index (χ4v) is 9.95. The molecule has 1 saturated carbocycles. The van der Waals surface area contributed by atoms with Crippen LogP contribution in [0.1, 0.15) is 29.9 Å². The summed E-state index contributed by atoms with van der Waals surface area (Å²) in [5.41, 5.74) is 4.52. The lowest BCUT2D eigenvalue weighted by molar-refractivity contribution is -0.138. The number of fused-ring (bicyclic) bond motifs is 4. The Morgan fingerprint density at radius 2 is 1.55 bits per heavy atom. The Labute approximate surface area is 327 Å². The number of carbonyl (C=O) groups is 4. The molecule has 3 aliphatic heterocycles. The molecule has 286 valence electrons. The van der Waals surface area contributed by atoms with Crippen LogP contribution in [0.2, 0.25) is 5.02 Å². The maximum Gasteiger partial charge on any atom is 0.260 e. The minimum absolute atomic E-state index is 0.0614. The molecule has 0 aromatic heterocycles. The first-order chi connectivity index (χ1) is 27.1. The number of morpholine rings is 1. The zero-order chi connectivity index (χ0) is 38.9. The van der Waals surface area contributed by atoms with Crippen molar-refractivity contribution < 1.29 is 38.1 Å². The van der Waals surface area contributed by atoms with Crippen molar-refractivity contribution >= 4 is 52.3 Å². The van der Waals surface area contributed by atoms with Crippen LogP contribution < -0.4 is 20.0 Å². The molecule has 0 radical (unpaired) electrons. The van der Waals surface area contributed by atoms with Crippen LogP contribution in [-0.2, 0) is 29.3 Å². The summed E-state index contributed by atoms with van der Waals surface area (Å²) >= 11 is 6.38. The first-order valence-electron chi connectivity index (χ1n) is 18.7. The molecule has 56 heavy (non-hydrogen) atoms. The molecule has 2 N–H and O–H groups in total. The van der Waals surface area contributed by atoms with Gasteiger partial charge in [-0.15, -0.1) is 0 Å². The van der Waals surface area contributed by atoms with Gasteiger partial charge in [0, 0.05) is 35.3 Å². The van der Waals surface area contributed by atoms with E-state index in [0.29, 0.717) is 46.3 Å². The van der Waals surface area contributed by atoms with Crippen molar-refractivity contribution in [1.82, 2.24) is 5.01 Å².